The van der Waals surface area contributed by atoms with Crippen molar-refractivity contribution in [2.75, 3.05) is 11.9 Å². The zero-order valence-electron chi connectivity index (χ0n) is 24.0. The minimum atomic E-state index is -0.361. The van der Waals surface area contributed by atoms with E-state index in [1.165, 1.54) is 23.1 Å². The number of aromatic nitrogens is 1. The van der Waals surface area contributed by atoms with Crippen LogP contribution in [0, 0.1) is 18.3 Å². The molecule has 1 amide bonds. The monoisotopic (exact) mass is 621 g/mol. The van der Waals surface area contributed by atoms with Gasteiger partial charge in [0.25, 0.3) is 5.91 Å². The van der Waals surface area contributed by atoms with Gasteiger partial charge in [-0.05, 0) is 61.9 Å². The molecule has 0 spiro atoms. The van der Waals surface area contributed by atoms with Crippen LogP contribution < -0.4 is 20.2 Å². The van der Waals surface area contributed by atoms with Crippen molar-refractivity contribution in [1.29, 1.82) is 5.26 Å². The largest absolute Gasteiger partial charge is 0.490 e. The van der Waals surface area contributed by atoms with E-state index >= 15 is 0 Å². The van der Waals surface area contributed by atoms with Crippen molar-refractivity contribution in [1.82, 2.24) is 10.4 Å². The summed E-state index contributed by atoms with van der Waals surface area (Å²) in [6.45, 7) is 4.44. The quantitative estimate of drug-likeness (QED) is 0.114. The summed E-state index contributed by atoms with van der Waals surface area (Å²) in [5.74, 6) is 0.429. The number of thiazole rings is 1. The van der Waals surface area contributed by atoms with Gasteiger partial charge in [-0.15, -0.1) is 11.3 Å². The van der Waals surface area contributed by atoms with E-state index in [1.807, 2.05) is 67.8 Å². The Balaban J connectivity index is 1.20. The number of hydrogen-bond acceptors (Lipinski definition) is 8. The van der Waals surface area contributed by atoms with Gasteiger partial charge < -0.3 is 14.8 Å². The van der Waals surface area contributed by atoms with Gasteiger partial charge in [0.15, 0.2) is 16.6 Å². The Hall–Kier alpha value is -5.17. The summed E-state index contributed by atoms with van der Waals surface area (Å²) >= 11 is 8.05. The highest BCUT2D eigenvalue weighted by Crippen LogP contribution is 2.37. The number of nitrogens with zero attached hydrogens (tertiary/aromatic N) is 3. The molecule has 2 N–H and O–H groups in total. The molecular weight excluding hydrogens is 594 g/mol. The lowest BCUT2D eigenvalue weighted by molar-refractivity contribution is 0.0955. The summed E-state index contributed by atoms with van der Waals surface area (Å²) < 4.78 is 11.7. The van der Waals surface area contributed by atoms with Crippen LogP contribution in [0.25, 0.3) is 11.3 Å². The fourth-order valence-corrected chi connectivity index (χ4v) is 5.23. The van der Waals surface area contributed by atoms with E-state index in [-0.39, 0.29) is 12.5 Å². The van der Waals surface area contributed by atoms with Gasteiger partial charge in [0.05, 0.1) is 35.2 Å². The van der Waals surface area contributed by atoms with Gasteiger partial charge in [-0.25, -0.2) is 10.4 Å². The van der Waals surface area contributed by atoms with E-state index < -0.39 is 0 Å². The Kier molecular flexibility index (Phi) is 9.87. The molecule has 0 unspecified atom stereocenters. The summed E-state index contributed by atoms with van der Waals surface area (Å²) in [5, 5.41) is 19.8. The van der Waals surface area contributed by atoms with Gasteiger partial charge in [-0.3, -0.25) is 4.79 Å². The van der Waals surface area contributed by atoms with Crippen molar-refractivity contribution in [3.05, 3.63) is 123 Å². The predicted octanol–water partition coefficient (Wildman–Crippen LogP) is 8.13. The smallest absolute Gasteiger partial charge is 0.271 e. The second-order valence-electron chi connectivity index (χ2n) is 9.63. The van der Waals surface area contributed by atoms with Gasteiger partial charge in [0, 0.05) is 27.8 Å². The Morgan fingerprint density at radius 1 is 1.07 bits per heavy atom. The molecule has 10 heteroatoms. The van der Waals surface area contributed by atoms with Crippen molar-refractivity contribution < 1.29 is 14.3 Å². The maximum atomic E-state index is 12.7. The summed E-state index contributed by atoms with van der Waals surface area (Å²) in [7, 11) is 0. The maximum Gasteiger partial charge on any atom is 0.271 e. The molecule has 0 aliphatic heterocycles. The number of carbonyl (C=O) groups excluding carboxylic acids is 1. The van der Waals surface area contributed by atoms with E-state index in [0.717, 1.165) is 27.6 Å². The van der Waals surface area contributed by atoms with Crippen LogP contribution >= 0.6 is 22.9 Å². The zero-order chi connectivity index (χ0) is 30.9. The standard InChI is InChI=1S/C34H28ClN5O3S/c1-3-42-31-17-23(16-29(35)32(31)43-20-27-7-5-4-6-26(27)18-36)19-37-40-33(41)25-12-10-24(11-13-25)30-21-44-34(39-30)38-28-14-8-22(2)9-15-28/h4-17,19,21H,3,20H2,1-2H3,(H,38,39)(H,40,41)/b37-19-. The number of halogens is 1. The van der Waals surface area contributed by atoms with Crippen molar-refractivity contribution in [3.8, 4) is 28.8 Å². The Bertz CT molecular complexity index is 1830. The number of hydrazone groups is 1. The fraction of sp³-hybridized carbons (Fsp3) is 0.118. The molecule has 1 heterocycles. The molecule has 4 aromatic carbocycles. The molecule has 0 fully saturated rings. The normalized spacial score (nSPS) is 10.8. The highest BCUT2D eigenvalue weighted by atomic mass is 35.5. The number of amides is 1. The van der Waals surface area contributed by atoms with Crippen LogP contribution in [0.2, 0.25) is 5.02 Å². The molecule has 0 saturated carbocycles. The number of rotatable bonds is 11. The summed E-state index contributed by atoms with van der Waals surface area (Å²) in [4.78, 5) is 17.4. The van der Waals surface area contributed by atoms with Gasteiger partial charge in [-0.2, -0.15) is 10.4 Å². The fourth-order valence-electron chi connectivity index (χ4n) is 4.22. The molecule has 0 bridgehead atoms. The number of aryl methyl sites for hydroxylation is 1. The van der Waals surface area contributed by atoms with E-state index in [1.54, 1.807) is 36.4 Å². The third-order valence-electron chi connectivity index (χ3n) is 6.47. The lowest BCUT2D eigenvalue weighted by atomic mass is 10.1. The summed E-state index contributed by atoms with van der Waals surface area (Å²) in [5.41, 5.74) is 8.76. The molecular formula is C34H28ClN5O3S. The average Bonchev–Trinajstić information content (AvgIpc) is 3.50. The van der Waals surface area contributed by atoms with Crippen LogP contribution in [0.1, 0.15) is 39.5 Å². The van der Waals surface area contributed by atoms with Crippen LogP contribution in [0.4, 0.5) is 10.8 Å². The number of benzene rings is 4. The first-order valence-electron chi connectivity index (χ1n) is 13.7. The topological polar surface area (TPSA) is 109 Å². The number of nitrogens with one attached hydrogen (secondary N) is 2. The maximum absolute atomic E-state index is 12.7. The van der Waals surface area contributed by atoms with Gasteiger partial charge in [-0.1, -0.05) is 59.6 Å². The third-order valence-corrected chi connectivity index (χ3v) is 7.51. The van der Waals surface area contributed by atoms with Crippen LogP contribution in [0.5, 0.6) is 11.5 Å². The molecule has 1 aromatic heterocycles. The first-order valence-corrected chi connectivity index (χ1v) is 15.0. The summed E-state index contributed by atoms with van der Waals surface area (Å²) in [6, 6.07) is 28.0. The van der Waals surface area contributed by atoms with Crippen molar-refractivity contribution in [3.63, 3.8) is 0 Å². The number of anilines is 2. The SMILES string of the molecule is CCOc1cc(/C=N\NC(=O)c2ccc(-c3csc(Nc4ccc(C)cc4)n3)cc2)cc(Cl)c1OCc1ccccc1C#N. The number of carbonyl (C=O) groups is 1. The first-order chi connectivity index (χ1) is 21.4. The van der Waals surface area contributed by atoms with Crippen molar-refractivity contribution in [2.24, 2.45) is 5.10 Å². The average molecular weight is 622 g/mol. The molecule has 0 aliphatic rings. The molecule has 0 aliphatic carbocycles. The van der Waals surface area contributed by atoms with Gasteiger partial charge in [0.2, 0.25) is 0 Å². The molecule has 5 rings (SSSR count). The second kappa shape index (κ2) is 14.3. The highest BCUT2D eigenvalue weighted by Gasteiger charge is 2.14. The van der Waals surface area contributed by atoms with E-state index in [4.69, 9.17) is 21.1 Å². The Morgan fingerprint density at radius 2 is 1.84 bits per heavy atom. The summed E-state index contributed by atoms with van der Waals surface area (Å²) in [6.07, 6.45) is 1.48. The minimum absolute atomic E-state index is 0.153. The molecule has 0 radical (unpaired) electrons. The first kappa shape index (κ1) is 30.3. The van der Waals surface area contributed by atoms with Crippen LogP contribution in [-0.4, -0.2) is 23.7 Å². The van der Waals surface area contributed by atoms with Crippen LogP contribution in [0.15, 0.2) is 95.4 Å². The number of ether oxygens (including phenoxy) is 2. The second-order valence-corrected chi connectivity index (χ2v) is 10.9. The van der Waals surface area contributed by atoms with E-state index in [0.29, 0.717) is 39.8 Å². The molecule has 5 aromatic rings. The third kappa shape index (κ3) is 7.61. The zero-order valence-corrected chi connectivity index (χ0v) is 25.6. The van der Waals surface area contributed by atoms with Crippen molar-refractivity contribution in [2.45, 2.75) is 20.5 Å². The van der Waals surface area contributed by atoms with E-state index in [2.05, 4.69) is 26.9 Å². The lowest BCUT2D eigenvalue weighted by Crippen LogP contribution is -2.17. The number of nitriles is 1. The molecule has 0 saturated heterocycles. The molecule has 8 nitrogen and oxygen atoms in total. The highest BCUT2D eigenvalue weighted by molar-refractivity contribution is 7.14. The Morgan fingerprint density at radius 3 is 2.59 bits per heavy atom. The van der Waals surface area contributed by atoms with Crippen LogP contribution in [0.3, 0.4) is 0 Å². The predicted molar refractivity (Wildman–Crippen MR) is 175 cm³/mol. The number of hydrogen-bond donors (Lipinski definition) is 2. The van der Waals surface area contributed by atoms with E-state index in [9.17, 15) is 10.1 Å². The van der Waals surface area contributed by atoms with Crippen LogP contribution in [-0.2, 0) is 6.61 Å². The Labute approximate surface area is 264 Å². The molecule has 220 valence electrons. The van der Waals surface area contributed by atoms with Gasteiger partial charge in [0.1, 0.15) is 6.61 Å². The minimum Gasteiger partial charge on any atom is -0.490 e. The molecule has 44 heavy (non-hydrogen) atoms. The lowest BCUT2D eigenvalue weighted by Gasteiger charge is -2.15. The van der Waals surface area contributed by atoms with Gasteiger partial charge >= 0.3 is 0 Å². The van der Waals surface area contributed by atoms with Crippen molar-refractivity contribution >= 4 is 45.9 Å². The molecule has 0 atom stereocenters.